The molecule has 2 aromatic carbocycles. The highest BCUT2D eigenvalue weighted by atomic mass is 32.2. The van der Waals surface area contributed by atoms with Crippen LogP contribution >= 0.6 is 0 Å². The molecule has 28 heavy (non-hydrogen) atoms. The zero-order valence-electron chi connectivity index (χ0n) is 16.3. The molecule has 0 saturated heterocycles. The van der Waals surface area contributed by atoms with Crippen LogP contribution in [0.3, 0.4) is 0 Å². The van der Waals surface area contributed by atoms with Gasteiger partial charge in [0.05, 0.1) is 24.6 Å². The number of benzene rings is 2. The minimum atomic E-state index is -3.68. The topological polar surface area (TPSA) is 92.8 Å². The van der Waals surface area contributed by atoms with E-state index in [-0.39, 0.29) is 0 Å². The van der Waals surface area contributed by atoms with Crippen LogP contribution in [0, 0.1) is 0 Å². The first kappa shape index (κ1) is 21.4. The fraction of sp³-hybridized carbons (Fsp3) is 0.300. The van der Waals surface area contributed by atoms with E-state index in [0.717, 1.165) is 22.5 Å². The summed E-state index contributed by atoms with van der Waals surface area (Å²) < 4.78 is 30.4. The zero-order chi connectivity index (χ0) is 20.9. The number of ether oxygens (including phenoxy) is 1. The quantitative estimate of drug-likeness (QED) is 0.717. The highest BCUT2D eigenvalue weighted by Crippen LogP contribution is 2.22. The molecule has 0 aromatic heterocycles. The molecule has 0 unspecified atom stereocenters. The van der Waals surface area contributed by atoms with Crippen molar-refractivity contribution < 1.29 is 22.7 Å². The van der Waals surface area contributed by atoms with Crippen LogP contribution in [0.25, 0.3) is 0 Å². The molecule has 1 atom stereocenters. The van der Waals surface area contributed by atoms with Crippen molar-refractivity contribution in [1.29, 1.82) is 0 Å². The van der Waals surface area contributed by atoms with Crippen molar-refractivity contribution in [3.05, 3.63) is 59.7 Å². The van der Waals surface area contributed by atoms with Crippen molar-refractivity contribution in [1.82, 2.24) is 0 Å². The average Bonchev–Trinajstić information content (AvgIpc) is 2.67. The van der Waals surface area contributed by atoms with E-state index in [9.17, 15) is 18.0 Å². The number of carbonyl (C=O) groups excluding carboxylic acids is 2. The SMILES string of the molecule is CCc1ccc(N([C@@H](C)C(=O)Nc2ccc(C(=O)OC)cc2)S(C)(=O)=O)cc1. The van der Waals surface area contributed by atoms with Crippen molar-refractivity contribution >= 4 is 33.3 Å². The Morgan fingerprint density at radius 1 is 1.07 bits per heavy atom. The highest BCUT2D eigenvalue weighted by Gasteiger charge is 2.29. The zero-order valence-corrected chi connectivity index (χ0v) is 17.1. The molecule has 2 rings (SSSR count). The maximum absolute atomic E-state index is 12.7. The molecule has 150 valence electrons. The van der Waals surface area contributed by atoms with Gasteiger partial charge in [0.25, 0.3) is 0 Å². The van der Waals surface area contributed by atoms with Crippen molar-refractivity contribution in [2.45, 2.75) is 26.3 Å². The van der Waals surface area contributed by atoms with E-state index in [1.807, 2.05) is 19.1 Å². The second-order valence-electron chi connectivity index (χ2n) is 6.31. The Hall–Kier alpha value is -2.87. The van der Waals surface area contributed by atoms with Gasteiger partial charge in [-0.2, -0.15) is 0 Å². The number of amides is 1. The van der Waals surface area contributed by atoms with Gasteiger partial charge in [0, 0.05) is 5.69 Å². The lowest BCUT2D eigenvalue weighted by Crippen LogP contribution is -2.45. The van der Waals surface area contributed by atoms with E-state index < -0.39 is 27.9 Å². The van der Waals surface area contributed by atoms with Gasteiger partial charge in [-0.1, -0.05) is 19.1 Å². The predicted molar refractivity (Wildman–Crippen MR) is 109 cm³/mol. The third-order valence-electron chi connectivity index (χ3n) is 4.26. The summed E-state index contributed by atoms with van der Waals surface area (Å²) in [6.07, 6.45) is 1.90. The van der Waals surface area contributed by atoms with Crippen LogP contribution < -0.4 is 9.62 Å². The predicted octanol–water partition coefficient (Wildman–Crippen LogP) is 2.83. The molecule has 1 N–H and O–H groups in total. The number of nitrogens with one attached hydrogen (secondary N) is 1. The molecular weight excluding hydrogens is 380 g/mol. The standard InChI is InChI=1S/C20H24N2O5S/c1-5-15-6-12-18(13-7-15)22(28(4,25)26)14(2)19(23)21-17-10-8-16(9-11-17)20(24)27-3/h6-14H,5H2,1-4H3,(H,21,23)/t14-/m0/s1. The molecule has 0 bridgehead atoms. The van der Waals surface area contributed by atoms with E-state index >= 15 is 0 Å². The fourth-order valence-corrected chi connectivity index (χ4v) is 3.92. The van der Waals surface area contributed by atoms with E-state index in [1.165, 1.54) is 26.2 Å². The van der Waals surface area contributed by atoms with Gasteiger partial charge in [-0.05, 0) is 55.3 Å². The summed E-state index contributed by atoms with van der Waals surface area (Å²) in [5.74, 6) is -0.971. The second-order valence-corrected chi connectivity index (χ2v) is 8.17. The van der Waals surface area contributed by atoms with E-state index in [0.29, 0.717) is 16.9 Å². The Morgan fingerprint density at radius 2 is 1.64 bits per heavy atom. The van der Waals surface area contributed by atoms with Crippen LogP contribution in [0.2, 0.25) is 0 Å². The molecule has 0 spiro atoms. The maximum atomic E-state index is 12.7. The van der Waals surface area contributed by atoms with E-state index in [4.69, 9.17) is 0 Å². The molecule has 0 aliphatic heterocycles. The highest BCUT2D eigenvalue weighted by molar-refractivity contribution is 7.92. The van der Waals surface area contributed by atoms with Crippen LogP contribution in [0.1, 0.15) is 29.8 Å². The molecule has 7 nitrogen and oxygen atoms in total. The summed E-state index contributed by atoms with van der Waals surface area (Å²) >= 11 is 0. The second kappa shape index (κ2) is 8.88. The van der Waals surface area contributed by atoms with Crippen LogP contribution in [0.5, 0.6) is 0 Å². The third-order valence-corrected chi connectivity index (χ3v) is 5.50. The first-order chi connectivity index (χ1) is 13.2. The normalized spacial score (nSPS) is 12.1. The number of nitrogens with zero attached hydrogens (tertiary/aromatic N) is 1. The molecular formula is C20H24N2O5S. The Balaban J connectivity index is 2.22. The summed E-state index contributed by atoms with van der Waals surface area (Å²) in [6, 6.07) is 12.2. The van der Waals surface area contributed by atoms with Gasteiger partial charge in [0.2, 0.25) is 15.9 Å². The fourth-order valence-electron chi connectivity index (χ4n) is 2.74. The molecule has 0 radical (unpaired) electrons. The van der Waals surface area contributed by atoms with Crippen molar-refractivity contribution in [3.63, 3.8) is 0 Å². The number of carbonyl (C=O) groups is 2. The van der Waals surface area contributed by atoms with Crippen LogP contribution in [0.4, 0.5) is 11.4 Å². The van der Waals surface area contributed by atoms with Gasteiger partial charge < -0.3 is 10.1 Å². The minimum Gasteiger partial charge on any atom is -0.465 e. The summed E-state index contributed by atoms with van der Waals surface area (Å²) in [4.78, 5) is 24.1. The smallest absolute Gasteiger partial charge is 0.337 e. The van der Waals surface area contributed by atoms with Gasteiger partial charge in [-0.25, -0.2) is 13.2 Å². The number of hydrogen-bond donors (Lipinski definition) is 1. The van der Waals surface area contributed by atoms with E-state index in [1.54, 1.807) is 24.3 Å². The van der Waals surface area contributed by atoms with Crippen molar-refractivity contribution in [2.75, 3.05) is 23.0 Å². The molecule has 0 aliphatic carbocycles. The lowest BCUT2D eigenvalue weighted by atomic mass is 10.1. The largest absolute Gasteiger partial charge is 0.465 e. The number of anilines is 2. The Kier molecular flexibility index (Phi) is 6.80. The monoisotopic (exact) mass is 404 g/mol. The first-order valence-electron chi connectivity index (χ1n) is 8.75. The lowest BCUT2D eigenvalue weighted by Gasteiger charge is -2.28. The third kappa shape index (κ3) is 5.10. The molecule has 0 saturated carbocycles. The van der Waals surface area contributed by atoms with Gasteiger partial charge >= 0.3 is 5.97 Å². The molecule has 0 fully saturated rings. The molecule has 8 heteroatoms. The summed E-state index contributed by atoms with van der Waals surface area (Å²) in [6.45, 7) is 3.53. The van der Waals surface area contributed by atoms with E-state index in [2.05, 4.69) is 10.1 Å². The number of rotatable bonds is 7. The van der Waals surface area contributed by atoms with Crippen LogP contribution in [-0.2, 0) is 26.0 Å². The summed E-state index contributed by atoms with van der Waals surface area (Å²) in [7, 11) is -2.40. The lowest BCUT2D eigenvalue weighted by molar-refractivity contribution is -0.116. The molecule has 0 heterocycles. The number of hydrogen-bond acceptors (Lipinski definition) is 5. The number of esters is 1. The summed E-state index contributed by atoms with van der Waals surface area (Å²) in [5, 5.41) is 2.67. The molecule has 2 aromatic rings. The van der Waals surface area contributed by atoms with Crippen LogP contribution in [0.15, 0.2) is 48.5 Å². The summed E-state index contributed by atoms with van der Waals surface area (Å²) in [5.41, 5.74) is 2.28. The van der Waals surface area contributed by atoms with Gasteiger partial charge in [0.15, 0.2) is 0 Å². The average molecular weight is 404 g/mol. The van der Waals surface area contributed by atoms with Crippen molar-refractivity contribution in [2.24, 2.45) is 0 Å². The number of aryl methyl sites for hydroxylation is 1. The Morgan fingerprint density at radius 3 is 2.11 bits per heavy atom. The number of sulfonamides is 1. The molecule has 0 aliphatic rings. The van der Waals surface area contributed by atoms with Gasteiger partial charge in [-0.3, -0.25) is 9.10 Å². The Labute approximate surface area is 165 Å². The Bertz CT molecular complexity index is 938. The number of methoxy groups -OCH3 is 1. The minimum absolute atomic E-state index is 0.349. The maximum Gasteiger partial charge on any atom is 0.337 e. The van der Waals surface area contributed by atoms with Crippen molar-refractivity contribution in [3.8, 4) is 0 Å². The first-order valence-corrected chi connectivity index (χ1v) is 10.6. The molecule has 1 amide bonds. The van der Waals surface area contributed by atoms with Crippen LogP contribution in [-0.4, -0.2) is 39.7 Å². The van der Waals surface area contributed by atoms with Gasteiger partial charge in [-0.15, -0.1) is 0 Å². The van der Waals surface area contributed by atoms with Gasteiger partial charge in [0.1, 0.15) is 6.04 Å².